The molecule has 0 saturated carbocycles. The maximum Gasteiger partial charge on any atom is 0.336 e. The Morgan fingerprint density at radius 3 is 2.56 bits per heavy atom. The smallest absolute Gasteiger partial charge is 0.336 e. The summed E-state index contributed by atoms with van der Waals surface area (Å²) in [5.74, 6) is -2.32. The van der Waals surface area contributed by atoms with Crippen molar-refractivity contribution in [3.8, 4) is 0 Å². The quantitative estimate of drug-likeness (QED) is 0.370. The minimum Gasteiger partial charge on any atom is -0.468 e. The number of aryl methyl sites for hydroxylation is 1. The molecule has 0 bridgehead atoms. The van der Waals surface area contributed by atoms with Crippen LogP contribution in [0.15, 0.2) is 39.1 Å². The zero-order valence-electron chi connectivity index (χ0n) is 19.3. The van der Waals surface area contributed by atoms with E-state index in [1.807, 2.05) is 13.8 Å². The molecule has 0 radical (unpaired) electrons. The lowest BCUT2D eigenvalue weighted by atomic mass is 9.70. The van der Waals surface area contributed by atoms with Gasteiger partial charge in [0.25, 0.3) is 0 Å². The van der Waals surface area contributed by atoms with Crippen molar-refractivity contribution in [1.29, 1.82) is 0 Å². The number of nitrogens with one attached hydrogen (secondary N) is 1. The van der Waals surface area contributed by atoms with Crippen LogP contribution in [0.3, 0.4) is 0 Å². The molecule has 1 aliphatic heterocycles. The van der Waals surface area contributed by atoms with Crippen LogP contribution in [0.2, 0.25) is 0 Å². The van der Waals surface area contributed by atoms with Crippen molar-refractivity contribution in [2.45, 2.75) is 46.5 Å². The fourth-order valence-electron chi connectivity index (χ4n) is 4.36. The van der Waals surface area contributed by atoms with Crippen LogP contribution in [0, 0.1) is 18.8 Å². The van der Waals surface area contributed by atoms with E-state index in [1.54, 1.807) is 26.0 Å². The Hall–Kier alpha value is -2.87. The minimum atomic E-state index is -0.933. The molecule has 3 rings (SSSR count). The number of hydrogen-bond acceptors (Lipinski definition) is 8. The third kappa shape index (κ3) is 4.65. The Kier molecular flexibility index (Phi) is 7.56. The van der Waals surface area contributed by atoms with Gasteiger partial charge in [-0.1, -0.05) is 13.8 Å². The van der Waals surface area contributed by atoms with Gasteiger partial charge in [-0.15, -0.1) is 0 Å². The number of dihydropyridines is 1. The van der Waals surface area contributed by atoms with Crippen molar-refractivity contribution in [3.05, 3.63) is 46.2 Å². The van der Waals surface area contributed by atoms with Gasteiger partial charge >= 0.3 is 11.9 Å². The lowest BCUT2D eigenvalue weighted by molar-refractivity contribution is -0.151. The predicted molar refractivity (Wildman–Crippen MR) is 115 cm³/mol. The lowest BCUT2D eigenvalue weighted by Crippen LogP contribution is -2.43. The van der Waals surface area contributed by atoms with E-state index in [-0.39, 0.29) is 18.3 Å². The molecule has 3 atom stereocenters. The summed E-state index contributed by atoms with van der Waals surface area (Å²) in [7, 11) is 1.27. The number of rotatable bonds is 8. The van der Waals surface area contributed by atoms with Crippen LogP contribution in [0.5, 0.6) is 0 Å². The number of esters is 2. The number of methoxy groups -OCH3 is 1. The van der Waals surface area contributed by atoms with Crippen molar-refractivity contribution in [2.24, 2.45) is 11.8 Å². The van der Waals surface area contributed by atoms with Crippen LogP contribution in [-0.4, -0.2) is 44.7 Å². The molecule has 2 heterocycles. The van der Waals surface area contributed by atoms with Gasteiger partial charge in [0.2, 0.25) is 0 Å². The molecule has 1 aromatic heterocycles. The molecule has 8 heteroatoms. The molecule has 0 unspecified atom stereocenters. The van der Waals surface area contributed by atoms with Gasteiger partial charge in [-0.3, -0.25) is 9.59 Å². The molecule has 0 fully saturated rings. The number of Topliss-reactive ketones (excluding diaryl/α,β-unsaturated/α-hetero) is 1. The van der Waals surface area contributed by atoms with Gasteiger partial charge in [0, 0.05) is 23.6 Å². The van der Waals surface area contributed by atoms with Crippen LogP contribution in [-0.2, 0) is 28.6 Å². The van der Waals surface area contributed by atoms with Crippen molar-refractivity contribution in [1.82, 2.24) is 5.32 Å². The molecule has 1 aromatic rings. The maximum absolute atomic E-state index is 13.5. The normalized spacial score (nSPS) is 23.0. The van der Waals surface area contributed by atoms with E-state index >= 15 is 0 Å². The second kappa shape index (κ2) is 10.2. The Morgan fingerprint density at radius 1 is 1.19 bits per heavy atom. The van der Waals surface area contributed by atoms with Gasteiger partial charge in [-0.2, -0.15) is 0 Å². The van der Waals surface area contributed by atoms with Crippen LogP contribution >= 0.6 is 0 Å². The Labute approximate surface area is 188 Å². The molecule has 0 aromatic carbocycles. The first-order chi connectivity index (χ1) is 15.3. The summed E-state index contributed by atoms with van der Waals surface area (Å²) in [5.41, 5.74) is 1.94. The van der Waals surface area contributed by atoms with E-state index in [0.29, 0.717) is 53.7 Å². The first kappa shape index (κ1) is 23.8. The number of furan rings is 1. The van der Waals surface area contributed by atoms with Gasteiger partial charge in [0.1, 0.15) is 24.0 Å². The van der Waals surface area contributed by atoms with Crippen LogP contribution in [0.4, 0.5) is 0 Å². The summed E-state index contributed by atoms with van der Waals surface area (Å²) in [4.78, 5) is 39.0. The summed E-state index contributed by atoms with van der Waals surface area (Å²) in [5, 5.41) is 3.22. The molecular formula is C24H31NO7. The molecule has 2 aliphatic rings. The molecule has 0 amide bonds. The largest absolute Gasteiger partial charge is 0.468 e. The van der Waals surface area contributed by atoms with Crippen LogP contribution < -0.4 is 5.32 Å². The highest BCUT2D eigenvalue weighted by molar-refractivity contribution is 6.12. The zero-order valence-corrected chi connectivity index (χ0v) is 19.3. The van der Waals surface area contributed by atoms with E-state index in [0.717, 1.165) is 6.42 Å². The highest BCUT2D eigenvalue weighted by Gasteiger charge is 2.48. The van der Waals surface area contributed by atoms with Gasteiger partial charge < -0.3 is 23.9 Å². The lowest BCUT2D eigenvalue weighted by Gasteiger charge is -2.37. The summed E-state index contributed by atoms with van der Waals surface area (Å²) >= 11 is 0. The number of carbonyl (C=O) groups is 3. The molecule has 1 aliphatic carbocycles. The van der Waals surface area contributed by atoms with Gasteiger partial charge in [0.15, 0.2) is 5.78 Å². The number of ketones is 1. The molecule has 174 valence electrons. The highest BCUT2D eigenvalue weighted by atomic mass is 16.6. The van der Waals surface area contributed by atoms with Crippen molar-refractivity contribution >= 4 is 17.7 Å². The third-order valence-corrected chi connectivity index (χ3v) is 5.82. The zero-order chi connectivity index (χ0) is 23.4. The topological polar surface area (TPSA) is 104 Å². The van der Waals surface area contributed by atoms with Crippen molar-refractivity contribution in [2.75, 3.05) is 26.9 Å². The average molecular weight is 446 g/mol. The highest BCUT2D eigenvalue weighted by Crippen LogP contribution is 2.45. The van der Waals surface area contributed by atoms with Gasteiger partial charge in [-0.25, -0.2) is 4.79 Å². The molecule has 0 spiro atoms. The maximum atomic E-state index is 13.5. The average Bonchev–Trinajstić information content (AvgIpc) is 3.18. The van der Waals surface area contributed by atoms with E-state index in [4.69, 9.17) is 18.6 Å². The fraction of sp³-hybridized carbons (Fsp3) is 0.542. The van der Waals surface area contributed by atoms with Gasteiger partial charge in [-0.05, 0) is 44.7 Å². The second-order valence-electron chi connectivity index (χ2n) is 8.23. The third-order valence-electron chi connectivity index (χ3n) is 5.82. The molecule has 8 nitrogen and oxygen atoms in total. The Balaban J connectivity index is 1.98. The fourth-order valence-corrected chi connectivity index (χ4v) is 4.36. The predicted octanol–water partition coefficient (Wildman–Crippen LogP) is 3.17. The van der Waals surface area contributed by atoms with Crippen molar-refractivity contribution < 1.29 is 33.0 Å². The van der Waals surface area contributed by atoms with Gasteiger partial charge in [0.05, 0.1) is 25.2 Å². The Bertz CT molecular complexity index is 955. The summed E-state index contributed by atoms with van der Waals surface area (Å²) in [6.45, 7) is 8.39. The minimum absolute atomic E-state index is 0.0984. The number of ether oxygens (including phenoxy) is 3. The first-order valence-electron chi connectivity index (χ1n) is 10.9. The summed E-state index contributed by atoms with van der Waals surface area (Å²) in [6.07, 6.45) is 1.35. The first-order valence-corrected chi connectivity index (χ1v) is 10.9. The van der Waals surface area contributed by atoms with E-state index < -0.39 is 23.8 Å². The number of hydrogen-bond donors (Lipinski definition) is 1. The van der Waals surface area contributed by atoms with Crippen molar-refractivity contribution in [3.63, 3.8) is 0 Å². The van der Waals surface area contributed by atoms with Crippen LogP contribution in [0.1, 0.15) is 51.1 Å². The standard InChI is InChI=1S/C24H31NO7/c1-6-9-30-10-11-31-24(28)19-15(4)25-16-12-13(2)18(23(27)29-5)22(26)20(16)21(19)17-8-7-14(3)32-17/h7-8,13,18,21,25H,6,9-12H2,1-5H3/t13-,18-,21-/m1/s1. The summed E-state index contributed by atoms with van der Waals surface area (Å²) < 4.78 is 21.6. The number of allylic oxidation sites excluding steroid dienone is 3. The Morgan fingerprint density at radius 2 is 1.94 bits per heavy atom. The molecule has 0 saturated heterocycles. The summed E-state index contributed by atoms with van der Waals surface area (Å²) in [6, 6.07) is 3.53. The molecular weight excluding hydrogens is 414 g/mol. The van der Waals surface area contributed by atoms with E-state index in [9.17, 15) is 14.4 Å². The van der Waals surface area contributed by atoms with E-state index in [1.165, 1.54) is 7.11 Å². The van der Waals surface area contributed by atoms with E-state index in [2.05, 4.69) is 5.32 Å². The molecule has 1 N–H and O–H groups in total. The van der Waals surface area contributed by atoms with Crippen LogP contribution in [0.25, 0.3) is 0 Å². The number of carbonyl (C=O) groups excluding carboxylic acids is 3. The SMILES string of the molecule is CCCOCCOC(=O)C1=C(C)NC2=C(C(=O)[C@H](C(=O)OC)[C@H](C)C2)[C@@H]1c1ccc(C)o1. The molecule has 32 heavy (non-hydrogen) atoms. The second-order valence-corrected chi connectivity index (χ2v) is 8.23. The monoisotopic (exact) mass is 445 g/mol.